The lowest BCUT2D eigenvalue weighted by atomic mass is 9.91. The molecule has 2 aromatic rings. The second-order valence-electron chi connectivity index (χ2n) is 7.08. The molecule has 1 saturated heterocycles. The third kappa shape index (κ3) is 5.30. The zero-order valence-corrected chi connectivity index (χ0v) is 16.3. The maximum Gasteiger partial charge on any atom is 0.573 e. The normalized spacial score (nSPS) is 18.8. The van der Waals surface area contributed by atoms with Gasteiger partial charge in [-0.2, -0.15) is 0 Å². The zero-order chi connectivity index (χ0) is 21.2. The molecule has 1 atom stereocenters. The minimum atomic E-state index is -4.70. The van der Waals surface area contributed by atoms with Crippen LogP contribution in [0.15, 0.2) is 34.4 Å². The molecule has 1 unspecified atom stereocenters. The monoisotopic (exact) mass is 409 g/mol. The van der Waals surface area contributed by atoms with Gasteiger partial charge in [0.2, 0.25) is 0 Å². The van der Waals surface area contributed by atoms with E-state index in [4.69, 9.17) is 4.52 Å². The van der Waals surface area contributed by atoms with Gasteiger partial charge in [0, 0.05) is 18.7 Å². The molecule has 6 nitrogen and oxygen atoms in total. The van der Waals surface area contributed by atoms with Gasteiger partial charge in [-0.3, -0.25) is 5.32 Å². The molecule has 0 radical (unpaired) electrons. The van der Waals surface area contributed by atoms with Crippen LogP contribution in [0.2, 0.25) is 0 Å². The number of likely N-dealkylation sites (tertiary alicyclic amines) is 1. The molecule has 1 aromatic carbocycles. The summed E-state index contributed by atoms with van der Waals surface area (Å²) in [6.45, 7) is 6.68. The fraction of sp³-hybridized carbons (Fsp3) is 0.400. The number of anilines is 1. The number of hydrogen-bond donors (Lipinski definition) is 1. The fourth-order valence-corrected chi connectivity index (χ4v) is 3.14. The van der Waals surface area contributed by atoms with E-state index in [0.29, 0.717) is 31.1 Å². The van der Waals surface area contributed by atoms with E-state index in [-0.39, 0.29) is 17.7 Å². The van der Waals surface area contributed by atoms with Crippen molar-refractivity contribution in [2.45, 2.75) is 33.6 Å². The van der Waals surface area contributed by atoms with Crippen molar-refractivity contribution < 1.29 is 27.2 Å². The van der Waals surface area contributed by atoms with Crippen molar-refractivity contribution in [1.82, 2.24) is 10.1 Å². The van der Waals surface area contributed by atoms with Gasteiger partial charge in [0.1, 0.15) is 11.5 Å². The Bertz CT molecular complexity index is 904. The number of aromatic nitrogens is 1. The number of halogens is 3. The molecule has 29 heavy (non-hydrogen) atoms. The molecule has 2 heterocycles. The molecule has 1 aromatic heterocycles. The second-order valence-corrected chi connectivity index (χ2v) is 7.08. The first-order valence-corrected chi connectivity index (χ1v) is 9.17. The van der Waals surface area contributed by atoms with Crippen LogP contribution in [0.4, 0.5) is 23.8 Å². The molecule has 156 valence electrons. The Hall–Kier alpha value is -2.97. The van der Waals surface area contributed by atoms with Crippen molar-refractivity contribution in [2.24, 2.45) is 5.92 Å². The molecular formula is C20H22F3N3O3. The summed E-state index contributed by atoms with van der Waals surface area (Å²) in [7, 11) is 0. The maximum atomic E-state index is 12.5. The third-order valence-electron chi connectivity index (χ3n) is 4.93. The van der Waals surface area contributed by atoms with Crippen molar-refractivity contribution in [3.05, 3.63) is 46.7 Å². The maximum absolute atomic E-state index is 12.5. The first kappa shape index (κ1) is 20.8. The predicted octanol–water partition coefficient (Wildman–Crippen LogP) is 5.15. The van der Waals surface area contributed by atoms with Crippen LogP contribution in [0, 0.1) is 19.8 Å². The zero-order valence-electron chi connectivity index (χ0n) is 16.3. The lowest BCUT2D eigenvalue weighted by Gasteiger charge is -2.33. The number of carbonyl (C=O) groups is 1. The molecule has 2 amide bonds. The summed E-state index contributed by atoms with van der Waals surface area (Å²) in [4.78, 5) is 14.2. The van der Waals surface area contributed by atoms with Crippen LogP contribution in [-0.2, 0) is 0 Å². The van der Waals surface area contributed by atoms with Crippen molar-refractivity contribution in [2.75, 3.05) is 18.4 Å². The Morgan fingerprint density at radius 3 is 2.55 bits per heavy atom. The molecule has 1 fully saturated rings. The summed E-state index contributed by atoms with van der Waals surface area (Å²) in [5.74, 6) is 0.935. The van der Waals surface area contributed by atoms with Gasteiger partial charge in [-0.15, -0.1) is 13.2 Å². The number of benzene rings is 1. The Morgan fingerprint density at radius 1 is 1.31 bits per heavy atom. The molecule has 1 aliphatic heterocycles. The van der Waals surface area contributed by atoms with Crippen LogP contribution in [0.1, 0.15) is 30.2 Å². The summed E-state index contributed by atoms with van der Waals surface area (Å²) < 4.78 is 45.7. The summed E-state index contributed by atoms with van der Waals surface area (Å²) in [5.41, 5.74) is 2.71. The van der Waals surface area contributed by atoms with Gasteiger partial charge >= 0.3 is 12.4 Å². The van der Waals surface area contributed by atoms with Crippen molar-refractivity contribution >= 4 is 17.9 Å². The predicted molar refractivity (Wildman–Crippen MR) is 101 cm³/mol. The summed E-state index contributed by atoms with van der Waals surface area (Å²) in [5, 5.41) is 6.61. The number of carbonyl (C=O) groups excluding carboxylic acids is 1. The topological polar surface area (TPSA) is 67.6 Å². The van der Waals surface area contributed by atoms with Crippen LogP contribution < -0.4 is 10.1 Å². The summed E-state index contributed by atoms with van der Waals surface area (Å²) in [6.07, 6.45) is -2.08. The van der Waals surface area contributed by atoms with Gasteiger partial charge in [-0.1, -0.05) is 35.9 Å². The number of amides is 2. The SMILES string of the molecule is Cc1onc(NC(=O)N2CC/C(=C\c3ccc(OC(F)(F)F)cc3)C(C)C2)c1C. The van der Waals surface area contributed by atoms with Gasteiger partial charge < -0.3 is 14.2 Å². The number of urea groups is 1. The largest absolute Gasteiger partial charge is 0.573 e. The van der Waals surface area contributed by atoms with E-state index in [0.717, 1.165) is 16.7 Å². The van der Waals surface area contributed by atoms with E-state index < -0.39 is 6.36 Å². The molecule has 9 heteroatoms. The van der Waals surface area contributed by atoms with Gasteiger partial charge in [-0.05, 0) is 43.9 Å². The van der Waals surface area contributed by atoms with E-state index in [1.54, 1.807) is 24.0 Å². The van der Waals surface area contributed by atoms with E-state index in [9.17, 15) is 18.0 Å². The molecule has 1 N–H and O–H groups in total. The number of rotatable bonds is 3. The van der Waals surface area contributed by atoms with Crippen LogP contribution >= 0.6 is 0 Å². The van der Waals surface area contributed by atoms with Gasteiger partial charge in [0.25, 0.3) is 0 Å². The fourth-order valence-electron chi connectivity index (χ4n) is 3.14. The lowest BCUT2D eigenvalue weighted by molar-refractivity contribution is -0.274. The molecule has 0 aliphatic carbocycles. The Kier molecular flexibility index (Phi) is 5.86. The Balaban J connectivity index is 1.60. The van der Waals surface area contributed by atoms with Crippen molar-refractivity contribution in [3.8, 4) is 5.75 Å². The van der Waals surface area contributed by atoms with E-state index in [1.165, 1.54) is 12.1 Å². The number of piperidine rings is 1. The second kappa shape index (κ2) is 8.18. The molecular weight excluding hydrogens is 387 g/mol. The van der Waals surface area contributed by atoms with E-state index in [1.807, 2.05) is 19.9 Å². The molecule has 3 rings (SSSR count). The van der Waals surface area contributed by atoms with Crippen LogP contribution in [0.25, 0.3) is 6.08 Å². The number of alkyl halides is 3. The highest BCUT2D eigenvalue weighted by Gasteiger charge is 2.31. The number of nitrogens with one attached hydrogen (secondary N) is 1. The molecule has 1 aliphatic rings. The lowest BCUT2D eigenvalue weighted by Crippen LogP contribution is -2.42. The number of nitrogens with zero attached hydrogens (tertiary/aromatic N) is 2. The molecule has 0 spiro atoms. The first-order valence-electron chi connectivity index (χ1n) is 9.17. The van der Waals surface area contributed by atoms with Gasteiger partial charge in [-0.25, -0.2) is 4.79 Å². The Morgan fingerprint density at radius 2 is 2.00 bits per heavy atom. The van der Waals surface area contributed by atoms with E-state index >= 15 is 0 Å². The van der Waals surface area contributed by atoms with Gasteiger partial charge in [0.05, 0.1) is 0 Å². The van der Waals surface area contributed by atoms with Gasteiger partial charge in [0.15, 0.2) is 5.82 Å². The average Bonchev–Trinajstić information content (AvgIpc) is 2.95. The quantitative estimate of drug-likeness (QED) is 0.762. The van der Waals surface area contributed by atoms with Crippen molar-refractivity contribution in [1.29, 1.82) is 0 Å². The summed E-state index contributed by atoms with van der Waals surface area (Å²) >= 11 is 0. The van der Waals surface area contributed by atoms with Crippen LogP contribution in [0.3, 0.4) is 0 Å². The highest BCUT2D eigenvalue weighted by Crippen LogP contribution is 2.27. The minimum absolute atomic E-state index is 0.112. The minimum Gasteiger partial charge on any atom is -0.406 e. The van der Waals surface area contributed by atoms with E-state index in [2.05, 4.69) is 15.2 Å². The smallest absolute Gasteiger partial charge is 0.406 e. The molecule has 0 bridgehead atoms. The van der Waals surface area contributed by atoms with Crippen LogP contribution in [0.5, 0.6) is 5.75 Å². The third-order valence-corrected chi connectivity index (χ3v) is 4.93. The van der Waals surface area contributed by atoms with Crippen LogP contribution in [-0.4, -0.2) is 35.5 Å². The number of aryl methyl sites for hydroxylation is 1. The first-order chi connectivity index (χ1) is 13.6. The Labute approximate surface area is 166 Å². The number of hydrogen-bond acceptors (Lipinski definition) is 4. The summed E-state index contributed by atoms with van der Waals surface area (Å²) in [6, 6.07) is 5.50. The highest BCUT2D eigenvalue weighted by atomic mass is 19.4. The average molecular weight is 409 g/mol. The standard InChI is InChI=1S/C20H22F3N3O3/c1-12-11-26(19(27)24-18-13(2)14(3)29-25-18)9-8-16(12)10-15-4-6-17(7-5-15)28-20(21,22)23/h4-7,10,12H,8-9,11H2,1-3H3,(H,24,25,27)/b16-10+. The number of ether oxygens (including phenoxy) is 1. The highest BCUT2D eigenvalue weighted by molar-refractivity contribution is 5.89. The molecule has 0 saturated carbocycles. The van der Waals surface area contributed by atoms with Crippen molar-refractivity contribution in [3.63, 3.8) is 0 Å².